The lowest BCUT2D eigenvalue weighted by molar-refractivity contribution is -0.113. The van der Waals surface area contributed by atoms with Gasteiger partial charge in [0, 0.05) is 22.7 Å². The van der Waals surface area contributed by atoms with Crippen LogP contribution in [0.4, 0.5) is 5.13 Å². The predicted octanol–water partition coefficient (Wildman–Crippen LogP) is 5.47. The molecule has 0 radical (unpaired) electrons. The Kier molecular flexibility index (Phi) is 6.18. The van der Waals surface area contributed by atoms with E-state index in [4.69, 9.17) is 4.98 Å². The number of anilines is 1. The van der Waals surface area contributed by atoms with Crippen LogP contribution >= 0.6 is 23.1 Å². The summed E-state index contributed by atoms with van der Waals surface area (Å²) in [5.41, 5.74) is 3.91. The van der Waals surface area contributed by atoms with Crippen molar-refractivity contribution in [2.24, 2.45) is 0 Å². The first-order valence-electron chi connectivity index (χ1n) is 9.12. The molecule has 7 heteroatoms. The highest BCUT2D eigenvalue weighted by Gasteiger charge is 2.17. The molecule has 30 heavy (non-hydrogen) atoms. The van der Waals surface area contributed by atoms with Gasteiger partial charge in [-0.1, -0.05) is 72.4 Å². The van der Waals surface area contributed by atoms with Crippen LogP contribution < -0.4 is 5.32 Å². The number of hydrogen-bond acceptors (Lipinski definition) is 6. The molecule has 146 valence electrons. The number of pyridine rings is 1. The van der Waals surface area contributed by atoms with Crippen LogP contribution in [0.5, 0.6) is 0 Å². The van der Waals surface area contributed by atoms with Gasteiger partial charge in [0.2, 0.25) is 5.91 Å². The molecule has 2 aromatic carbocycles. The normalized spacial score (nSPS) is 10.4. The van der Waals surface area contributed by atoms with Gasteiger partial charge in [0.05, 0.1) is 17.0 Å². The second-order valence-corrected chi connectivity index (χ2v) is 8.11. The van der Waals surface area contributed by atoms with Gasteiger partial charge in [-0.2, -0.15) is 5.26 Å². The van der Waals surface area contributed by atoms with Crippen LogP contribution in [-0.4, -0.2) is 21.6 Å². The first-order valence-corrected chi connectivity index (χ1v) is 11.0. The number of nitrogens with one attached hydrogen (secondary N) is 1. The molecular formula is C23H16N4OS2. The molecule has 0 aliphatic heterocycles. The van der Waals surface area contributed by atoms with Crippen molar-refractivity contribution in [1.29, 1.82) is 5.26 Å². The van der Waals surface area contributed by atoms with Gasteiger partial charge in [-0.15, -0.1) is 11.3 Å². The lowest BCUT2D eigenvalue weighted by Crippen LogP contribution is -2.14. The second kappa shape index (κ2) is 9.35. The maximum atomic E-state index is 12.3. The Morgan fingerprint density at radius 2 is 1.77 bits per heavy atom. The first-order chi connectivity index (χ1) is 14.7. The van der Waals surface area contributed by atoms with Crippen LogP contribution in [0, 0.1) is 11.3 Å². The van der Waals surface area contributed by atoms with Gasteiger partial charge in [-0.3, -0.25) is 4.79 Å². The number of thiazole rings is 1. The predicted molar refractivity (Wildman–Crippen MR) is 121 cm³/mol. The maximum absolute atomic E-state index is 12.3. The van der Waals surface area contributed by atoms with E-state index >= 15 is 0 Å². The molecule has 0 aliphatic rings. The summed E-state index contributed by atoms with van der Waals surface area (Å²) in [6, 6.07) is 23.8. The molecule has 0 saturated heterocycles. The molecule has 4 aromatic rings. The monoisotopic (exact) mass is 428 g/mol. The summed E-state index contributed by atoms with van der Waals surface area (Å²) in [4.78, 5) is 21.1. The Balaban J connectivity index is 1.71. The molecule has 5 nitrogen and oxygen atoms in total. The zero-order valence-corrected chi connectivity index (χ0v) is 17.4. The summed E-state index contributed by atoms with van der Waals surface area (Å²) in [6.07, 6.45) is 1.64. The van der Waals surface area contributed by atoms with Crippen molar-refractivity contribution in [3.8, 4) is 28.5 Å². The number of amides is 1. The summed E-state index contributed by atoms with van der Waals surface area (Å²) < 4.78 is 0. The molecule has 2 aromatic heterocycles. The number of rotatable bonds is 6. The molecular weight excluding hydrogens is 412 g/mol. The molecule has 0 fully saturated rings. The van der Waals surface area contributed by atoms with Gasteiger partial charge in [0.15, 0.2) is 5.13 Å². The van der Waals surface area contributed by atoms with Crippen LogP contribution in [0.1, 0.15) is 5.56 Å². The summed E-state index contributed by atoms with van der Waals surface area (Å²) >= 11 is 2.61. The highest BCUT2D eigenvalue weighted by molar-refractivity contribution is 8.00. The summed E-state index contributed by atoms with van der Waals surface area (Å²) in [5, 5.41) is 15.5. The number of carbonyl (C=O) groups excluding carboxylic acids is 1. The number of hydrogen-bond donors (Lipinski definition) is 1. The minimum atomic E-state index is -0.188. The fourth-order valence-electron chi connectivity index (χ4n) is 2.91. The summed E-state index contributed by atoms with van der Waals surface area (Å²) in [6.45, 7) is 0. The lowest BCUT2D eigenvalue weighted by Gasteiger charge is -2.12. The fourth-order valence-corrected chi connectivity index (χ4v) is 4.26. The van der Waals surface area contributed by atoms with E-state index in [-0.39, 0.29) is 11.7 Å². The third-order valence-electron chi connectivity index (χ3n) is 4.27. The molecule has 0 aliphatic carbocycles. The molecule has 0 bridgehead atoms. The third kappa shape index (κ3) is 4.57. The molecule has 4 rings (SSSR count). The maximum Gasteiger partial charge on any atom is 0.236 e. The third-order valence-corrected chi connectivity index (χ3v) is 5.93. The summed E-state index contributed by atoms with van der Waals surface area (Å²) in [5.74, 6) is -0.0553. The van der Waals surface area contributed by atoms with Crippen LogP contribution in [-0.2, 0) is 4.79 Å². The molecule has 0 spiro atoms. The largest absolute Gasteiger partial charge is 0.301 e. The van der Waals surface area contributed by atoms with E-state index in [2.05, 4.69) is 16.4 Å². The van der Waals surface area contributed by atoms with E-state index < -0.39 is 0 Å². The van der Waals surface area contributed by atoms with Gasteiger partial charge in [0.1, 0.15) is 11.1 Å². The van der Waals surface area contributed by atoms with Crippen molar-refractivity contribution in [2.75, 3.05) is 11.1 Å². The molecule has 1 N–H and O–H groups in total. The van der Waals surface area contributed by atoms with Crippen LogP contribution in [0.2, 0.25) is 0 Å². The smallest absolute Gasteiger partial charge is 0.236 e. The van der Waals surface area contributed by atoms with Crippen molar-refractivity contribution >= 4 is 34.1 Å². The van der Waals surface area contributed by atoms with E-state index in [1.54, 1.807) is 11.6 Å². The Morgan fingerprint density at radius 3 is 2.40 bits per heavy atom. The van der Waals surface area contributed by atoms with E-state index in [0.717, 1.165) is 22.4 Å². The Bertz CT molecular complexity index is 1190. The highest BCUT2D eigenvalue weighted by Crippen LogP contribution is 2.34. The van der Waals surface area contributed by atoms with Gasteiger partial charge in [-0.05, 0) is 11.6 Å². The topological polar surface area (TPSA) is 78.7 Å². The Hall–Kier alpha value is -3.47. The number of benzene rings is 2. The number of nitriles is 1. The van der Waals surface area contributed by atoms with Crippen molar-refractivity contribution in [3.63, 3.8) is 0 Å². The lowest BCUT2D eigenvalue weighted by atomic mass is 9.99. The van der Waals surface area contributed by atoms with Crippen molar-refractivity contribution < 1.29 is 4.79 Å². The van der Waals surface area contributed by atoms with Gasteiger partial charge in [0.25, 0.3) is 0 Å². The SMILES string of the molecule is N#Cc1c(-c2ccccc2)cc(-c2ccccc2)nc1SCC(=O)Nc1nccs1. The number of aromatic nitrogens is 2. The molecule has 1 amide bonds. The van der Waals surface area contributed by atoms with Crippen molar-refractivity contribution in [1.82, 2.24) is 9.97 Å². The fraction of sp³-hybridized carbons (Fsp3) is 0.0435. The highest BCUT2D eigenvalue weighted by atomic mass is 32.2. The zero-order chi connectivity index (χ0) is 20.8. The van der Waals surface area contributed by atoms with Crippen LogP contribution in [0.3, 0.4) is 0 Å². The first kappa shape index (κ1) is 19.8. The zero-order valence-electron chi connectivity index (χ0n) is 15.8. The minimum absolute atomic E-state index is 0.133. The number of carbonyl (C=O) groups is 1. The van der Waals surface area contributed by atoms with Gasteiger partial charge < -0.3 is 5.32 Å². The van der Waals surface area contributed by atoms with Gasteiger partial charge >= 0.3 is 0 Å². The average Bonchev–Trinajstić information content (AvgIpc) is 3.31. The quantitative estimate of drug-likeness (QED) is 0.412. The minimum Gasteiger partial charge on any atom is -0.301 e. The average molecular weight is 429 g/mol. The van der Waals surface area contributed by atoms with Gasteiger partial charge in [-0.25, -0.2) is 9.97 Å². The molecule has 0 unspecified atom stereocenters. The van der Waals surface area contributed by atoms with Crippen LogP contribution in [0.15, 0.2) is 83.3 Å². The standard InChI is InChI=1S/C23H16N4OS2/c24-14-19-18(16-7-3-1-4-8-16)13-20(17-9-5-2-6-10-17)26-22(19)30-15-21(28)27-23-25-11-12-29-23/h1-13H,15H2,(H,25,27,28). The molecule has 0 atom stereocenters. The Labute approximate surface area is 182 Å². The van der Waals surface area contributed by atoms with Crippen molar-refractivity contribution in [3.05, 3.63) is 83.9 Å². The second-order valence-electron chi connectivity index (χ2n) is 6.25. The van der Waals surface area contributed by atoms with Crippen LogP contribution in [0.25, 0.3) is 22.4 Å². The summed E-state index contributed by atoms with van der Waals surface area (Å²) in [7, 11) is 0. The molecule has 2 heterocycles. The van der Waals surface area contributed by atoms with E-state index in [1.165, 1.54) is 23.1 Å². The van der Waals surface area contributed by atoms with E-state index in [1.807, 2.05) is 66.7 Å². The Morgan fingerprint density at radius 1 is 1.07 bits per heavy atom. The van der Waals surface area contributed by atoms with Crippen molar-refractivity contribution in [2.45, 2.75) is 5.03 Å². The van der Waals surface area contributed by atoms with E-state index in [0.29, 0.717) is 15.7 Å². The number of thioether (sulfide) groups is 1. The molecule has 0 saturated carbocycles. The number of nitrogens with zero attached hydrogens (tertiary/aromatic N) is 3. The van der Waals surface area contributed by atoms with E-state index in [9.17, 15) is 10.1 Å².